The van der Waals surface area contributed by atoms with Gasteiger partial charge >= 0.3 is 0 Å². The number of amides is 4. The molecule has 10 nitrogen and oxygen atoms in total. The Hall–Kier alpha value is -3.92. The smallest absolute Gasteiger partial charge is 0.242 e. The number of hydrogen-bond acceptors (Lipinski definition) is 6. The summed E-state index contributed by atoms with van der Waals surface area (Å²) in [6, 6.07) is 14.7. The molecule has 0 spiro atoms. The minimum absolute atomic E-state index is 0.153. The number of piperazine rings is 1. The summed E-state index contributed by atoms with van der Waals surface area (Å²) in [6.07, 6.45) is 0.750. The van der Waals surface area contributed by atoms with Gasteiger partial charge in [0.05, 0.1) is 19.1 Å². The van der Waals surface area contributed by atoms with Crippen molar-refractivity contribution >= 4 is 23.6 Å². The molecule has 1 aliphatic heterocycles. The van der Waals surface area contributed by atoms with E-state index in [1.807, 2.05) is 30.3 Å². The van der Waals surface area contributed by atoms with E-state index in [2.05, 4.69) is 21.3 Å². The molecule has 1 heterocycles. The van der Waals surface area contributed by atoms with Gasteiger partial charge < -0.3 is 31.3 Å². The Morgan fingerprint density at radius 3 is 2.46 bits per heavy atom. The summed E-state index contributed by atoms with van der Waals surface area (Å²) in [7, 11) is 1.49. The Labute approximate surface area is 204 Å². The van der Waals surface area contributed by atoms with E-state index in [0.29, 0.717) is 25.9 Å². The lowest BCUT2D eigenvalue weighted by Gasteiger charge is -2.32. The van der Waals surface area contributed by atoms with E-state index in [4.69, 9.17) is 0 Å². The van der Waals surface area contributed by atoms with Crippen LogP contribution in [0.25, 0.3) is 0 Å². The quantitative estimate of drug-likeness (QED) is 0.305. The number of benzene rings is 2. The lowest BCUT2D eigenvalue weighted by Crippen LogP contribution is -2.58. The Morgan fingerprint density at radius 1 is 1.06 bits per heavy atom. The molecule has 4 amide bonds. The van der Waals surface area contributed by atoms with Crippen LogP contribution < -0.4 is 21.3 Å². The summed E-state index contributed by atoms with van der Waals surface area (Å²) in [5, 5.41) is 20.3. The summed E-state index contributed by atoms with van der Waals surface area (Å²) in [6.45, 7) is 0.441. The van der Waals surface area contributed by atoms with Gasteiger partial charge in [-0.3, -0.25) is 19.2 Å². The van der Waals surface area contributed by atoms with Crippen LogP contribution in [0.3, 0.4) is 0 Å². The molecule has 1 unspecified atom stereocenters. The predicted molar refractivity (Wildman–Crippen MR) is 129 cm³/mol. The second-order valence-electron chi connectivity index (χ2n) is 8.34. The van der Waals surface area contributed by atoms with Crippen molar-refractivity contribution in [1.82, 2.24) is 26.2 Å². The van der Waals surface area contributed by atoms with Crippen LogP contribution in [-0.4, -0.2) is 78.9 Å². The highest BCUT2D eigenvalue weighted by Crippen LogP contribution is 2.13. The molecule has 2 atom stereocenters. The number of nitrogens with one attached hydrogen (secondary N) is 4. The zero-order chi connectivity index (χ0) is 25.2. The van der Waals surface area contributed by atoms with Gasteiger partial charge in [-0.25, -0.2) is 0 Å². The lowest BCUT2D eigenvalue weighted by atomic mass is 10.0. The Morgan fingerprint density at radius 2 is 1.77 bits per heavy atom. The van der Waals surface area contributed by atoms with Gasteiger partial charge in [0.25, 0.3) is 0 Å². The third-order valence-electron chi connectivity index (χ3n) is 5.72. The highest BCUT2D eigenvalue weighted by atomic mass is 16.3. The van der Waals surface area contributed by atoms with Crippen molar-refractivity contribution in [3.63, 3.8) is 0 Å². The molecule has 2 aromatic carbocycles. The third kappa shape index (κ3) is 7.82. The number of likely N-dealkylation sites (N-methyl/N-ethyl adjacent to an activating group) is 1. The number of hydrogen-bond donors (Lipinski definition) is 5. The topological polar surface area (TPSA) is 140 Å². The van der Waals surface area contributed by atoms with Gasteiger partial charge in [0.1, 0.15) is 11.8 Å². The van der Waals surface area contributed by atoms with Gasteiger partial charge in [-0.15, -0.1) is 0 Å². The second kappa shape index (κ2) is 12.5. The number of phenolic OH excluding ortho intramolecular Hbond substituents is 1. The maximum Gasteiger partial charge on any atom is 0.242 e. The molecule has 10 heteroatoms. The van der Waals surface area contributed by atoms with Crippen molar-refractivity contribution in [1.29, 1.82) is 0 Å². The largest absolute Gasteiger partial charge is 0.508 e. The fourth-order valence-electron chi connectivity index (χ4n) is 3.86. The zero-order valence-corrected chi connectivity index (χ0v) is 19.6. The van der Waals surface area contributed by atoms with Crippen LogP contribution in [-0.2, 0) is 32.0 Å². The van der Waals surface area contributed by atoms with Gasteiger partial charge in [-0.05, 0) is 29.7 Å². The van der Waals surface area contributed by atoms with Crippen LogP contribution in [0.4, 0.5) is 0 Å². The average molecular weight is 482 g/mol. The first kappa shape index (κ1) is 25.7. The summed E-state index contributed by atoms with van der Waals surface area (Å²) < 4.78 is 0. The predicted octanol–water partition coefficient (Wildman–Crippen LogP) is -0.675. The third-order valence-corrected chi connectivity index (χ3v) is 5.72. The van der Waals surface area contributed by atoms with Gasteiger partial charge in [-0.1, -0.05) is 42.5 Å². The molecule has 3 rings (SSSR count). The van der Waals surface area contributed by atoms with Gasteiger partial charge in [0.2, 0.25) is 23.6 Å². The standard InChI is InChI=1S/C25H31N5O5/c1-26-24(34)20(13-17-5-3-2-4-6-17)29-22(32)15-28-23(33)16-30-12-11-27-21(25(30)35)14-18-7-9-19(31)10-8-18/h2-10,20-21,27,31H,11-16H2,1H3,(H,26,34)(H,28,33)(H,29,32)/t20-,21?/m0/s1. The monoisotopic (exact) mass is 481 g/mol. The van der Waals surface area contributed by atoms with E-state index in [1.54, 1.807) is 24.3 Å². The molecular weight excluding hydrogens is 450 g/mol. The first-order valence-electron chi connectivity index (χ1n) is 11.5. The van der Waals surface area contributed by atoms with Gasteiger partial charge in [0.15, 0.2) is 0 Å². The van der Waals surface area contributed by atoms with Crippen molar-refractivity contribution < 1.29 is 24.3 Å². The van der Waals surface area contributed by atoms with Crippen LogP contribution in [0.15, 0.2) is 54.6 Å². The van der Waals surface area contributed by atoms with Crippen LogP contribution in [0, 0.1) is 0 Å². The number of aromatic hydroxyl groups is 1. The molecule has 0 aromatic heterocycles. The summed E-state index contributed by atoms with van der Waals surface area (Å²) >= 11 is 0. The minimum atomic E-state index is -0.776. The lowest BCUT2D eigenvalue weighted by molar-refractivity contribution is -0.139. The zero-order valence-electron chi connectivity index (χ0n) is 19.6. The molecule has 2 aromatic rings. The Balaban J connectivity index is 1.47. The maximum atomic E-state index is 12.8. The molecule has 1 aliphatic rings. The number of carbonyl (C=O) groups excluding carboxylic acids is 4. The molecule has 186 valence electrons. The SMILES string of the molecule is CNC(=O)[C@H](Cc1ccccc1)NC(=O)CNC(=O)CN1CCNC(Cc2ccc(O)cc2)C1=O. The molecule has 35 heavy (non-hydrogen) atoms. The van der Waals surface area contributed by atoms with Crippen molar-refractivity contribution in [2.75, 3.05) is 33.2 Å². The van der Waals surface area contributed by atoms with Crippen LogP contribution >= 0.6 is 0 Å². The molecule has 0 bridgehead atoms. The Kier molecular flexibility index (Phi) is 9.19. The number of rotatable bonds is 10. The second-order valence-corrected chi connectivity index (χ2v) is 8.34. The molecule has 0 radical (unpaired) electrons. The number of carbonyl (C=O) groups is 4. The van der Waals surface area contributed by atoms with E-state index in [1.165, 1.54) is 11.9 Å². The Bertz CT molecular complexity index is 1030. The van der Waals surface area contributed by atoms with Crippen molar-refractivity contribution in [3.05, 3.63) is 65.7 Å². The first-order valence-corrected chi connectivity index (χ1v) is 11.5. The number of nitrogens with zero attached hydrogens (tertiary/aromatic N) is 1. The minimum Gasteiger partial charge on any atom is -0.508 e. The summed E-state index contributed by atoms with van der Waals surface area (Å²) in [5.74, 6) is -1.34. The van der Waals surface area contributed by atoms with E-state index < -0.39 is 23.9 Å². The van der Waals surface area contributed by atoms with E-state index >= 15 is 0 Å². The van der Waals surface area contributed by atoms with Crippen LogP contribution in [0.5, 0.6) is 5.75 Å². The fraction of sp³-hybridized carbons (Fsp3) is 0.360. The van der Waals surface area contributed by atoms with E-state index in [0.717, 1.165) is 11.1 Å². The normalized spacial score (nSPS) is 16.3. The first-order chi connectivity index (χ1) is 16.9. The highest BCUT2D eigenvalue weighted by molar-refractivity contribution is 5.92. The average Bonchev–Trinajstić information content (AvgIpc) is 2.86. The molecule has 0 saturated carbocycles. The molecular formula is C25H31N5O5. The highest BCUT2D eigenvalue weighted by Gasteiger charge is 2.29. The van der Waals surface area contributed by atoms with Gasteiger partial charge in [0, 0.05) is 26.6 Å². The van der Waals surface area contributed by atoms with Crippen LogP contribution in [0.1, 0.15) is 11.1 Å². The van der Waals surface area contributed by atoms with E-state index in [-0.39, 0.29) is 30.7 Å². The maximum absolute atomic E-state index is 12.8. The number of phenols is 1. The molecule has 1 saturated heterocycles. The molecule has 5 N–H and O–H groups in total. The van der Waals surface area contributed by atoms with Crippen molar-refractivity contribution in [2.45, 2.75) is 24.9 Å². The van der Waals surface area contributed by atoms with E-state index in [9.17, 15) is 24.3 Å². The van der Waals surface area contributed by atoms with Crippen molar-refractivity contribution in [3.8, 4) is 5.75 Å². The summed E-state index contributed by atoms with van der Waals surface area (Å²) in [5.41, 5.74) is 1.78. The van der Waals surface area contributed by atoms with Crippen LogP contribution in [0.2, 0.25) is 0 Å². The summed E-state index contributed by atoms with van der Waals surface area (Å²) in [4.78, 5) is 51.3. The molecule has 0 aliphatic carbocycles. The molecule has 1 fully saturated rings. The van der Waals surface area contributed by atoms with Crippen molar-refractivity contribution in [2.24, 2.45) is 0 Å². The fourth-order valence-corrected chi connectivity index (χ4v) is 3.86. The van der Waals surface area contributed by atoms with Gasteiger partial charge in [-0.2, -0.15) is 0 Å².